The van der Waals surface area contributed by atoms with Crippen LogP contribution >= 0.6 is 0 Å². The Balaban J connectivity index is 1.35. The third-order valence-corrected chi connectivity index (χ3v) is 5.64. The van der Waals surface area contributed by atoms with Crippen LogP contribution in [0.3, 0.4) is 0 Å². The van der Waals surface area contributed by atoms with E-state index >= 15 is 0 Å². The van der Waals surface area contributed by atoms with Crippen molar-refractivity contribution >= 4 is 5.91 Å². The highest BCUT2D eigenvalue weighted by molar-refractivity contribution is 5.79. The van der Waals surface area contributed by atoms with E-state index in [0.29, 0.717) is 19.1 Å². The lowest BCUT2D eigenvalue weighted by Gasteiger charge is -2.36. The number of amides is 1. The largest absolute Gasteiger partial charge is 0.378 e. The summed E-state index contributed by atoms with van der Waals surface area (Å²) in [7, 11) is 0. The molecule has 0 aliphatic carbocycles. The summed E-state index contributed by atoms with van der Waals surface area (Å²) >= 11 is 0. The zero-order valence-electron chi connectivity index (χ0n) is 15.8. The van der Waals surface area contributed by atoms with E-state index in [4.69, 9.17) is 4.74 Å². The molecule has 2 aliphatic heterocycles. The van der Waals surface area contributed by atoms with Crippen molar-refractivity contribution < 1.29 is 9.53 Å². The van der Waals surface area contributed by atoms with Gasteiger partial charge >= 0.3 is 0 Å². The van der Waals surface area contributed by atoms with E-state index in [1.54, 1.807) is 0 Å². The maximum absolute atomic E-state index is 12.8. The molecule has 4 nitrogen and oxygen atoms in total. The van der Waals surface area contributed by atoms with E-state index < -0.39 is 0 Å². The first-order chi connectivity index (χ1) is 13.3. The minimum atomic E-state index is 0.139. The van der Waals surface area contributed by atoms with Crippen LogP contribution in [-0.2, 0) is 16.1 Å². The Labute approximate surface area is 161 Å². The number of likely N-dealkylation sites (tertiary alicyclic amines) is 1. The Hall–Kier alpha value is -2.17. The summed E-state index contributed by atoms with van der Waals surface area (Å²) in [6.07, 6.45) is 2.11. The molecular formula is C23H28N2O2. The fraction of sp³-hybridized carbons (Fsp3) is 0.435. The van der Waals surface area contributed by atoms with Gasteiger partial charge in [0.15, 0.2) is 0 Å². The Kier molecular flexibility index (Phi) is 5.85. The number of carbonyl (C=O) groups excluding carboxylic acids is 1. The van der Waals surface area contributed by atoms with Crippen LogP contribution in [0.4, 0.5) is 0 Å². The molecule has 2 heterocycles. The van der Waals surface area contributed by atoms with E-state index in [1.807, 2.05) is 11.0 Å². The van der Waals surface area contributed by atoms with E-state index in [0.717, 1.165) is 45.6 Å². The van der Waals surface area contributed by atoms with Crippen LogP contribution < -0.4 is 0 Å². The quantitative estimate of drug-likeness (QED) is 0.833. The van der Waals surface area contributed by atoms with Crippen LogP contribution in [0, 0.1) is 5.92 Å². The molecule has 1 amide bonds. The number of carbonyl (C=O) groups is 1. The minimum Gasteiger partial charge on any atom is -0.378 e. The van der Waals surface area contributed by atoms with Crippen LogP contribution in [0.5, 0.6) is 0 Å². The molecule has 1 atom stereocenters. The van der Waals surface area contributed by atoms with E-state index in [2.05, 4.69) is 53.4 Å². The highest BCUT2D eigenvalue weighted by Crippen LogP contribution is 2.23. The van der Waals surface area contributed by atoms with E-state index in [-0.39, 0.29) is 5.92 Å². The monoisotopic (exact) mass is 364 g/mol. The fourth-order valence-electron chi connectivity index (χ4n) is 4.13. The summed E-state index contributed by atoms with van der Waals surface area (Å²) in [5, 5.41) is 0. The molecule has 0 N–H and O–H groups in total. The van der Waals surface area contributed by atoms with Gasteiger partial charge in [-0.15, -0.1) is 0 Å². The van der Waals surface area contributed by atoms with Gasteiger partial charge in [-0.25, -0.2) is 0 Å². The molecule has 0 spiro atoms. The molecule has 2 saturated heterocycles. The van der Waals surface area contributed by atoms with Crippen molar-refractivity contribution in [3.63, 3.8) is 0 Å². The molecule has 27 heavy (non-hydrogen) atoms. The normalized spacial score (nSPS) is 21.2. The number of hydrogen-bond acceptors (Lipinski definition) is 3. The maximum atomic E-state index is 12.8. The molecule has 0 saturated carbocycles. The zero-order valence-corrected chi connectivity index (χ0v) is 15.8. The van der Waals surface area contributed by atoms with Gasteiger partial charge in [0, 0.05) is 26.2 Å². The molecule has 2 fully saturated rings. The molecule has 2 aromatic rings. The average Bonchev–Trinajstić information content (AvgIpc) is 2.75. The molecule has 1 unspecified atom stereocenters. The van der Waals surface area contributed by atoms with Gasteiger partial charge in [0.25, 0.3) is 0 Å². The van der Waals surface area contributed by atoms with Crippen LogP contribution in [-0.4, -0.2) is 55.1 Å². The number of benzene rings is 2. The standard InChI is InChI=1S/C23H28N2O2/c26-23(25-13-15-27-16-14-25)22-7-4-12-24(18-22)17-19-8-10-21(11-9-19)20-5-2-1-3-6-20/h1-3,5-6,8-11,22H,4,7,12-18H2. The lowest BCUT2D eigenvalue weighted by atomic mass is 9.95. The fourth-order valence-corrected chi connectivity index (χ4v) is 4.13. The number of piperidine rings is 1. The zero-order chi connectivity index (χ0) is 18.5. The number of ether oxygens (including phenoxy) is 1. The van der Waals surface area contributed by atoms with Gasteiger partial charge in [-0.3, -0.25) is 9.69 Å². The third-order valence-electron chi connectivity index (χ3n) is 5.64. The van der Waals surface area contributed by atoms with Crippen LogP contribution in [0.1, 0.15) is 18.4 Å². The molecule has 142 valence electrons. The lowest BCUT2D eigenvalue weighted by Crippen LogP contribution is -2.48. The van der Waals surface area contributed by atoms with Crippen molar-refractivity contribution in [2.75, 3.05) is 39.4 Å². The first-order valence-electron chi connectivity index (χ1n) is 10.0. The summed E-state index contributed by atoms with van der Waals surface area (Å²) in [4.78, 5) is 17.2. The van der Waals surface area contributed by atoms with Gasteiger partial charge < -0.3 is 9.64 Å². The average molecular weight is 364 g/mol. The first-order valence-corrected chi connectivity index (χ1v) is 10.0. The van der Waals surface area contributed by atoms with Gasteiger partial charge in [0.2, 0.25) is 5.91 Å². The number of nitrogens with zero attached hydrogens (tertiary/aromatic N) is 2. The molecule has 2 aromatic carbocycles. The van der Waals surface area contributed by atoms with Crippen LogP contribution in [0.2, 0.25) is 0 Å². The second-order valence-electron chi connectivity index (χ2n) is 7.57. The van der Waals surface area contributed by atoms with Gasteiger partial charge in [0.1, 0.15) is 0 Å². The van der Waals surface area contributed by atoms with Crippen molar-refractivity contribution in [2.45, 2.75) is 19.4 Å². The van der Waals surface area contributed by atoms with Gasteiger partial charge in [-0.1, -0.05) is 54.6 Å². The molecule has 0 radical (unpaired) electrons. The maximum Gasteiger partial charge on any atom is 0.227 e. The molecule has 0 bridgehead atoms. The SMILES string of the molecule is O=C(C1CCCN(Cc2ccc(-c3ccccc3)cc2)C1)N1CCOCC1. The second kappa shape index (κ2) is 8.68. The van der Waals surface area contributed by atoms with Crippen molar-refractivity contribution in [3.8, 4) is 11.1 Å². The predicted octanol–water partition coefficient (Wildman–Crippen LogP) is 3.42. The van der Waals surface area contributed by atoms with Gasteiger partial charge in [-0.2, -0.15) is 0 Å². The van der Waals surface area contributed by atoms with Crippen molar-refractivity contribution in [1.82, 2.24) is 9.80 Å². The lowest BCUT2D eigenvalue weighted by molar-refractivity contribution is -0.141. The van der Waals surface area contributed by atoms with Gasteiger partial charge in [-0.05, 0) is 36.1 Å². The topological polar surface area (TPSA) is 32.8 Å². The molecular weight excluding hydrogens is 336 g/mol. The number of rotatable bonds is 4. The van der Waals surface area contributed by atoms with Gasteiger partial charge in [0.05, 0.1) is 19.1 Å². The third kappa shape index (κ3) is 4.57. The number of morpholine rings is 1. The van der Waals surface area contributed by atoms with Crippen molar-refractivity contribution in [2.24, 2.45) is 5.92 Å². The van der Waals surface area contributed by atoms with E-state index in [9.17, 15) is 4.79 Å². The van der Waals surface area contributed by atoms with Crippen LogP contribution in [0.15, 0.2) is 54.6 Å². The summed E-state index contributed by atoms with van der Waals surface area (Å²) in [5.41, 5.74) is 3.81. The molecule has 0 aromatic heterocycles. The van der Waals surface area contributed by atoms with Crippen LogP contribution in [0.25, 0.3) is 11.1 Å². The summed E-state index contributed by atoms with van der Waals surface area (Å²) < 4.78 is 5.37. The van der Waals surface area contributed by atoms with Crippen molar-refractivity contribution in [1.29, 1.82) is 0 Å². The Morgan fingerprint density at radius 3 is 2.37 bits per heavy atom. The second-order valence-corrected chi connectivity index (χ2v) is 7.57. The Morgan fingerprint density at radius 1 is 0.926 bits per heavy atom. The molecule has 4 rings (SSSR count). The highest BCUT2D eigenvalue weighted by Gasteiger charge is 2.29. The summed E-state index contributed by atoms with van der Waals surface area (Å²) in [6.45, 7) is 5.71. The summed E-state index contributed by atoms with van der Waals surface area (Å²) in [6, 6.07) is 19.3. The molecule has 4 heteroatoms. The first kappa shape index (κ1) is 18.2. The predicted molar refractivity (Wildman–Crippen MR) is 107 cm³/mol. The number of hydrogen-bond donors (Lipinski definition) is 0. The highest BCUT2D eigenvalue weighted by atomic mass is 16.5. The Bertz CT molecular complexity index is 739. The minimum absolute atomic E-state index is 0.139. The summed E-state index contributed by atoms with van der Waals surface area (Å²) in [5.74, 6) is 0.461. The Morgan fingerprint density at radius 2 is 1.63 bits per heavy atom. The van der Waals surface area contributed by atoms with E-state index in [1.165, 1.54) is 16.7 Å². The molecule has 2 aliphatic rings. The smallest absolute Gasteiger partial charge is 0.227 e. The van der Waals surface area contributed by atoms with Crippen molar-refractivity contribution in [3.05, 3.63) is 60.2 Å².